The molecule has 0 aliphatic heterocycles. The fourth-order valence-corrected chi connectivity index (χ4v) is 1.53. The highest BCUT2D eigenvalue weighted by atomic mass is 32.2. The van der Waals surface area contributed by atoms with Gasteiger partial charge in [0.05, 0.1) is 0 Å². The fraction of sp³-hybridized carbons (Fsp3) is 0.333. The molecule has 1 aromatic rings. The third-order valence-electron chi connectivity index (χ3n) is 1.22. The Morgan fingerprint density at radius 3 is 2.00 bits per heavy atom. The van der Waals surface area contributed by atoms with Crippen molar-refractivity contribution in [3.8, 4) is 0 Å². The molecule has 0 unspecified atom stereocenters. The number of benzene rings is 1. The van der Waals surface area contributed by atoms with Crippen LogP contribution in [0.25, 0.3) is 0 Å². The van der Waals surface area contributed by atoms with Crippen LogP contribution in [0.2, 0.25) is 0 Å². The third kappa shape index (κ3) is 7.71. The van der Waals surface area contributed by atoms with Crippen molar-refractivity contribution in [2.75, 3.05) is 5.75 Å². The molecular weight excluding hydrogens is 197 g/mol. The van der Waals surface area contributed by atoms with Crippen LogP contribution >= 0.6 is 11.8 Å². The Morgan fingerprint density at radius 2 is 1.54 bits per heavy atom. The number of hydrogen-bond acceptors (Lipinski definition) is 1. The summed E-state index contributed by atoms with van der Waals surface area (Å²) in [6, 6.07) is 10.5. The second kappa shape index (κ2) is 11.4. The van der Waals surface area contributed by atoms with Crippen molar-refractivity contribution in [2.45, 2.75) is 18.2 Å². The standard InChI is InChI=1S/C9H12S.3FH/c1-2-8-10-9-6-4-3-5-7-9;;;/h3-7H,2,8H2,1H3;3*1H. The first-order chi connectivity index (χ1) is 4.93. The van der Waals surface area contributed by atoms with Crippen LogP contribution in [0.15, 0.2) is 35.2 Å². The summed E-state index contributed by atoms with van der Waals surface area (Å²) in [6.45, 7) is 2.20. The van der Waals surface area contributed by atoms with E-state index in [2.05, 4.69) is 37.3 Å². The predicted octanol–water partition coefficient (Wildman–Crippen LogP) is 3.65. The molecule has 0 heterocycles. The largest absolute Gasteiger partial charge is 0.269 e. The Bertz CT molecular complexity index is 179. The molecule has 0 aliphatic rings. The molecule has 1 rings (SSSR count). The molecule has 13 heavy (non-hydrogen) atoms. The van der Waals surface area contributed by atoms with Gasteiger partial charge in [-0.25, -0.2) is 0 Å². The normalized spacial score (nSPS) is 7.46. The van der Waals surface area contributed by atoms with E-state index in [-0.39, 0.29) is 14.1 Å². The van der Waals surface area contributed by atoms with Crippen LogP contribution in [0.1, 0.15) is 13.3 Å². The minimum Gasteiger partial charge on any atom is -0.269 e. The van der Waals surface area contributed by atoms with Gasteiger partial charge in [-0.15, -0.1) is 11.8 Å². The van der Waals surface area contributed by atoms with E-state index >= 15 is 0 Å². The molecule has 4 heteroatoms. The molecule has 0 saturated heterocycles. The van der Waals surface area contributed by atoms with Gasteiger partial charge in [0.25, 0.3) is 0 Å². The van der Waals surface area contributed by atoms with Crippen molar-refractivity contribution in [2.24, 2.45) is 0 Å². The highest BCUT2D eigenvalue weighted by molar-refractivity contribution is 7.99. The summed E-state index contributed by atoms with van der Waals surface area (Å²) in [5.74, 6) is 1.23. The van der Waals surface area contributed by atoms with Crippen LogP contribution in [0.3, 0.4) is 0 Å². The quantitative estimate of drug-likeness (QED) is 0.689. The van der Waals surface area contributed by atoms with Gasteiger partial charge in [0, 0.05) is 4.90 Å². The molecule has 0 nitrogen and oxygen atoms in total. The second-order valence-corrected chi connectivity index (χ2v) is 3.33. The van der Waals surface area contributed by atoms with Crippen LogP contribution in [-0.2, 0) is 0 Å². The third-order valence-corrected chi connectivity index (χ3v) is 2.43. The monoisotopic (exact) mass is 212 g/mol. The highest BCUT2D eigenvalue weighted by Gasteiger charge is 1.87. The highest BCUT2D eigenvalue weighted by Crippen LogP contribution is 2.16. The zero-order chi connectivity index (χ0) is 7.23. The Hall–Kier alpha value is -0.640. The van der Waals surface area contributed by atoms with E-state index in [0.717, 1.165) is 0 Å². The van der Waals surface area contributed by atoms with Gasteiger partial charge in [0.1, 0.15) is 0 Å². The maximum absolute atomic E-state index is 2.20. The smallest absolute Gasteiger partial charge is 0.00719 e. The summed E-state index contributed by atoms with van der Waals surface area (Å²) < 4.78 is 0. The molecule has 0 aliphatic carbocycles. The summed E-state index contributed by atoms with van der Waals surface area (Å²) >= 11 is 1.92. The first kappa shape index (κ1) is 18.2. The zero-order valence-corrected chi connectivity index (χ0v) is 8.25. The van der Waals surface area contributed by atoms with Crippen molar-refractivity contribution in [1.82, 2.24) is 0 Å². The molecule has 0 saturated carbocycles. The number of rotatable bonds is 3. The van der Waals surface area contributed by atoms with Crippen LogP contribution in [-0.4, -0.2) is 5.75 Å². The first-order valence-corrected chi connectivity index (χ1v) is 4.60. The fourth-order valence-electron chi connectivity index (χ4n) is 0.737. The molecule has 0 atom stereocenters. The Morgan fingerprint density at radius 1 is 1.00 bits per heavy atom. The maximum Gasteiger partial charge on any atom is 0.00719 e. The van der Waals surface area contributed by atoms with Gasteiger partial charge in [-0.3, -0.25) is 14.1 Å². The Kier molecular flexibility index (Phi) is 15.9. The van der Waals surface area contributed by atoms with E-state index in [1.807, 2.05) is 11.8 Å². The van der Waals surface area contributed by atoms with Crippen molar-refractivity contribution in [1.29, 1.82) is 0 Å². The lowest BCUT2D eigenvalue weighted by molar-refractivity contribution is 1.10. The summed E-state index contributed by atoms with van der Waals surface area (Å²) in [6.07, 6.45) is 1.25. The van der Waals surface area contributed by atoms with Crippen LogP contribution in [0.5, 0.6) is 0 Å². The Balaban J connectivity index is -0.000000333. The van der Waals surface area contributed by atoms with Crippen molar-refractivity contribution >= 4 is 11.8 Å². The minimum atomic E-state index is 0. The molecule has 78 valence electrons. The Labute approximate surface area is 80.8 Å². The van der Waals surface area contributed by atoms with Crippen molar-refractivity contribution in [3.05, 3.63) is 30.3 Å². The maximum atomic E-state index is 2.20. The molecule has 0 fully saturated rings. The number of hydrogen-bond donors (Lipinski definition) is 0. The second-order valence-electron chi connectivity index (χ2n) is 2.16. The summed E-state index contributed by atoms with van der Waals surface area (Å²) in [5, 5.41) is 0. The number of thioether (sulfide) groups is 1. The van der Waals surface area contributed by atoms with Gasteiger partial charge >= 0.3 is 0 Å². The SMILES string of the molecule is CCCSc1ccccc1.F.F.F. The van der Waals surface area contributed by atoms with E-state index in [4.69, 9.17) is 0 Å². The van der Waals surface area contributed by atoms with Crippen LogP contribution in [0.4, 0.5) is 14.1 Å². The van der Waals surface area contributed by atoms with Gasteiger partial charge in [-0.1, -0.05) is 25.1 Å². The number of halogens is 3. The van der Waals surface area contributed by atoms with E-state index in [0.29, 0.717) is 0 Å². The average Bonchev–Trinajstić information content (AvgIpc) is 2.03. The van der Waals surface area contributed by atoms with Gasteiger partial charge in [0.2, 0.25) is 0 Å². The topological polar surface area (TPSA) is 0 Å². The van der Waals surface area contributed by atoms with Gasteiger partial charge in [0.15, 0.2) is 0 Å². The molecule has 0 radical (unpaired) electrons. The summed E-state index contributed by atoms with van der Waals surface area (Å²) in [7, 11) is 0. The van der Waals surface area contributed by atoms with Crippen molar-refractivity contribution < 1.29 is 14.1 Å². The molecule has 0 N–H and O–H groups in total. The summed E-state index contributed by atoms with van der Waals surface area (Å²) in [4.78, 5) is 1.38. The molecule has 0 bridgehead atoms. The lowest BCUT2D eigenvalue weighted by Crippen LogP contribution is -1.73. The first-order valence-electron chi connectivity index (χ1n) is 3.61. The molecule has 1 aromatic carbocycles. The summed E-state index contributed by atoms with van der Waals surface area (Å²) in [5.41, 5.74) is 0. The lowest BCUT2D eigenvalue weighted by Gasteiger charge is -1.96. The zero-order valence-electron chi connectivity index (χ0n) is 7.43. The van der Waals surface area contributed by atoms with Gasteiger partial charge in [-0.05, 0) is 24.3 Å². The van der Waals surface area contributed by atoms with Gasteiger partial charge < -0.3 is 0 Å². The average molecular weight is 212 g/mol. The van der Waals surface area contributed by atoms with E-state index in [9.17, 15) is 0 Å². The minimum absolute atomic E-state index is 0. The molecule has 0 amide bonds. The lowest BCUT2D eigenvalue weighted by atomic mass is 10.4. The van der Waals surface area contributed by atoms with E-state index in [1.54, 1.807) is 0 Å². The van der Waals surface area contributed by atoms with Gasteiger partial charge in [-0.2, -0.15) is 0 Å². The van der Waals surface area contributed by atoms with Crippen LogP contribution in [0, 0.1) is 0 Å². The van der Waals surface area contributed by atoms with Crippen molar-refractivity contribution in [3.63, 3.8) is 0 Å². The molecule has 0 aromatic heterocycles. The van der Waals surface area contributed by atoms with E-state index < -0.39 is 0 Å². The van der Waals surface area contributed by atoms with E-state index in [1.165, 1.54) is 17.1 Å². The predicted molar refractivity (Wildman–Crippen MR) is 55.0 cm³/mol. The molecule has 0 spiro atoms. The molecular formula is C9H15F3S. The van der Waals surface area contributed by atoms with Crippen LogP contribution < -0.4 is 0 Å².